The first-order valence-corrected chi connectivity index (χ1v) is 16.0. The number of rotatable bonds is 11. The number of halogens is 1. The quantitative estimate of drug-likeness (QED) is 0.152. The van der Waals surface area contributed by atoms with Gasteiger partial charge in [-0.25, -0.2) is 23.9 Å². The van der Waals surface area contributed by atoms with Gasteiger partial charge in [0.2, 0.25) is 0 Å². The molecule has 2 aromatic heterocycles. The predicted molar refractivity (Wildman–Crippen MR) is 165 cm³/mol. The van der Waals surface area contributed by atoms with E-state index in [9.17, 15) is 14.5 Å². The Hall–Kier alpha value is -3.68. The fourth-order valence-electron chi connectivity index (χ4n) is 4.93. The summed E-state index contributed by atoms with van der Waals surface area (Å²) in [7, 11) is -2.72. The molecule has 45 heavy (non-hydrogen) atoms. The molecule has 3 N–H and O–H groups in total. The molecule has 0 amide bonds. The maximum Gasteiger partial charge on any atom is 0.459 e. The third-order valence-electron chi connectivity index (χ3n) is 7.29. The van der Waals surface area contributed by atoms with Gasteiger partial charge in [-0.05, 0) is 30.7 Å². The third kappa shape index (κ3) is 6.95. The zero-order valence-electron chi connectivity index (χ0n) is 25.9. The van der Waals surface area contributed by atoms with Crippen LogP contribution in [0.15, 0.2) is 55.1 Å². The Labute approximate surface area is 260 Å². The number of benzene rings is 2. The van der Waals surface area contributed by atoms with Gasteiger partial charge in [-0.1, -0.05) is 57.2 Å². The summed E-state index contributed by atoms with van der Waals surface area (Å²) in [5, 5.41) is 18.0. The molecule has 15 heteroatoms. The lowest BCUT2D eigenvalue weighted by atomic mass is 9.98. The Kier molecular flexibility index (Phi) is 9.16. The number of alkyl halides is 1. The van der Waals surface area contributed by atoms with Gasteiger partial charge in [0, 0.05) is 12.4 Å². The molecule has 3 heterocycles. The molecule has 1 fully saturated rings. The van der Waals surface area contributed by atoms with Crippen LogP contribution in [0.3, 0.4) is 0 Å². The van der Waals surface area contributed by atoms with Crippen molar-refractivity contribution >= 4 is 41.5 Å². The van der Waals surface area contributed by atoms with Gasteiger partial charge in [-0.15, -0.1) is 0 Å². The standard InChI is InChI=1S/C30H38FN6O7P/c1-18(27(39)41-15-29(2,3)4)36-45(40,44-21-13-9-11-19-10-7-8-12-20(19)21)42-14-22-24(38)30(5,31)28(43-22)37-17-35-23-25(32-6)33-16-34-26(23)37/h7-13,16-18,22,24,28,38H,14-15H2,1-6H3,(H,36,40)(H,32,33,34)/t18-,22-,24-,28-,30-,45+/m1/s1. The molecule has 242 valence electrons. The summed E-state index contributed by atoms with van der Waals surface area (Å²) in [5.74, 6) is -0.00518. The lowest BCUT2D eigenvalue weighted by molar-refractivity contribution is -0.148. The number of nitrogens with one attached hydrogen (secondary N) is 2. The van der Waals surface area contributed by atoms with E-state index >= 15 is 4.39 Å². The van der Waals surface area contributed by atoms with Gasteiger partial charge in [0.25, 0.3) is 0 Å². The molecule has 1 aliphatic rings. The van der Waals surface area contributed by atoms with Crippen molar-refractivity contribution in [1.82, 2.24) is 24.6 Å². The molecule has 6 atom stereocenters. The van der Waals surface area contributed by atoms with Gasteiger partial charge >= 0.3 is 13.7 Å². The van der Waals surface area contributed by atoms with E-state index < -0.39 is 50.5 Å². The predicted octanol–water partition coefficient (Wildman–Crippen LogP) is 4.78. The Morgan fingerprint density at radius 3 is 2.67 bits per heavy atom. The molecule has 0 unspecified atom stereocenters. The van der Waals surface area contributed by atoms with E-state index in [-0.39, 0.29) is 23.4 Å². The summed E-state index contributed by atoms with van der Waals surface area (Å²) < 4.78 is 54.9. The highest BCUT2D eigenvalue weighted by Gasteiger charge is 2.56. The molecule has 0 saturated carbocycles. The van der Waals surface area contributed by atoms with E-state index in [1.165, 1.54) is 31.1 Å². The molecule has 5 rings (SSSR count). The van der Waals surface area contributed by atoms with Crippen LogP contribution in [0.2, 0.25) is 0 Å². The van der Waals surface area contributed by atoms with E-state index in [1.807, 2.05) is 39.0 Å². The van der Waals surface area contributed by atoms with Crippen LogP contribution in [-0.4, -0.2) is 74.8 Å². The monoisotopic (exact) mass is 644 g/mol. The molecule has 1 saturated heterocycles. The van der Waals surface area contributed by atoms with E-state index in [1.54, 1.807) is 31.3 Å². The van der Waals surface area contributed by atoms with Crippen molar-refractivity contribution < 1.29 is 37.4 Å². The number of fused-ring (bicyclic) bond motifs is 2. The normalized spacial score (nSPS) is 24.0. The third-order valence-corrected chi connectivity index (χ3v) is 8.92. The number of carbonyl (C=O) groups excluding carboxylic acids is 1. The smallest absolute Gasteiger partial charge is 0.459 e. The van der Waals surface area contributed by atoms with Crippen molar-refractivity contribution in [3.8, 4) is 5.75 Å². The fraction of sp³-hybridized carbons (Fsp3) is 0.467. The molecule has 0 aliphatic carbocycles. The molecular formula is C30H38FN6O7P. The Morgan fingerprint density at radius 1 is 1.20 bits per heavy atom. The number of ether oxygens (including phenoxy) is 2. The second-order valence-corrected chi connectivity index (χ2v) is 14.0. The van der Waals surface area contributed by atoms with Crippen LogP contribution in [0.1, 0.15) is 40.8 Å². The zero-order valence-corrected chi connectivity index (χ0v) is 26.8. The van der Waals surface area contributed by atoms with Crippen LogP contribution in [0.25, 0.3) is 21.9 Å². The lowest BCUT2D eigenvalue weighted by Crippen LogP contribution is -2.41. The van der Waals surface area contributed by atoms with Crippen molar-refractivity contribution in [3.05, 3.63) is 55.1 Å². The van der Waals surface area contributed by atoms with Gasteiger partial charge in [0.05, 0.1) is 19.5 Å². The van der Waals surface area contributed by atoms with Crippen molar-refractivity contribution in [2.24, 2.45) is 5.41 Å². The summed E-state index contributed by atoms with van der Waals surface area (Å²) in [6, 6.07) is 11.4. The van der Waals surface area contributed by atoms with Crippen LogP contribution in [-0.2, 0) is 23.4 Å². The maximum absolute atomic E-state index is 16.1. The maximum atomic E-state index is 16.1. The van der Waals surface area contributed by atoms with Gasteiger partial charge in [-0.2, -0.15) is 5.09 Å². The number of aliphatic hydroxyl groups is 1. The topological polar surface area (TPSA) is 159 Å². The molecule has 1 aliphatic heterocycles. The number of hydrogen-bond acceptors (Lipinski definition) is 11. The highest BCUT2D eigenvalue weighted by Crippen LogP contribution is 2.49. The van der Waals surface area contributed by atoms with E-state index in [0.29, 0.717) is 16.7 Å². The number of nitrogens with zero attached hydrogens (tertiary/aromatic N) is 4. The number of imidazole rings is 1. The number of hydrogen-bond donors (Lipinski definition) is 3. The van der Waals surface area contributed by atoms with Crippen LogP contribution in [0, 0.1) is 5.41 Å². The largest absolute Gasteiger partial charge is 0.464 e. The van der Waals surface area contributed by atoms with Gasteiger partial charge in [-0.3, -0.25) is 13.9 Å². The van der Waals surface area contributed by atoms with Crippen LogP contribution in [0.5, 0.6) is 5.75 Å². The fourth-order valence-corrected chi connectivity index (χ4v) is 6.45. The average Bonchev–Trinajstić information content (AvgIpc) is 3.52. The molecule has 2 aromatic carbocycles. The second-order valence-electron chi connectivity index (χ2n) is 12.3. The SMILES string of the molecule is CNc1ncnc2c1ncn2[C@@H]1O[C@H](CO[P@@](=O)(N[C@H](C)C(=O)OCC(C)(C)C)Oc2cccc3ccccc23)[C@@H](O)[C@@]1(C)F. The minimum atomic E-state index is -4.38. The zero-order chi connectivity index (χ0) is 32.6. The second kappa shape index (κ2) is 12.6. The van der Waals surface area contributed by atoms with Gasteiger partial charge in [0.15, 0.2) is 23.4 Å². The molecular weight excluding hydrogens is 606 g/mol. The molecule has 0 radical (unpaired) electrons. The number of aromatic nitrogens is 4. The van der Waals surface area contributed by atoms with Gasteiger partial charge < -0.3 is 24.4 Å². The first kappa shape index (κ1) is 32.7. The van der Waals surface area contributed by atoms with Crippen molar-refractivity contribution in [2.45, 2.75) is 64.8 Å². The number of carbonyl (C=O) groups is 1. The average molecular weight is 645 g/mol. The van der Waals surface area contributed by atoms with Crippen LogP contribution in [0.4, 0.5) is 10.2 Å². The van der Waals surface area contributed by atoms with Crippen molar-refractivity contribution in [3.63, 3.8) is 0 Å². The summed E-state index contributed by atoms with van der Waals surface area (Å²) in [4.78, 5) is 25.4. The first-order valence-electron chi connectivity index (χ1n) is 14.5. The van der Waals surface area contributed by atoms with Gasteiger partial charge in [0.1, 0.15) is 35.8 Å². The van der Waals surface area contributed by atoms with Crippen LogP contribution >= 0.6 is 7.75 Å². The minimum Gasteiger partial charge on any atom is -0.464 e. The molecule has 0 spiro atoms. The Balaban J connectivity index is 1.39. The van der Waals surface area contributed by atoms with E-state index in [4.69, 9.17) is 18.5 Å². The summed E-state index contributed by atoms with van der Waals surface area (Å²) in [6.45, 7) is 7.96. The minimum absolute atomic E-state index is 0.134. The van der Waals surface area contributed by atoms with Crippen molar-refractivity contribution in [1.29, 1.82) is 0 Å². The lowest BCUT2D eigenvalue weighted by Gasteiger charge is -2.26. The summed E-state index contributed by atoms with van der Waals surface area (Å²) in [6.07, 6.45) is -1.70. The van der Waals surface area contributed by atoms with E-state index in [2.05, 4.69) is 25.4 Å². The summed E-state index contributed by atoms with van der Waals surface area (Å²) >= 11 is 0. The molecule has 0 bridgehead atoms. The summed E-state index contributed by atoms with van der Waals surface area (Å²) in [5.41, 5.74) is -1.95. The molecule has 13 nitrogen and oxygen atoms in total. The first-order chi connectivity index (χ1) is 21.2. The Morgan fingerprint density at radius 2 is 1.93 bits per heavy atom. The number of aliphatic hydroxyl groups excluding tert-OH is 1. The van der Waals surface area contributed by atoms with Crippen molar-refractivity contribution in [2.75, 3.05) is 25.6 Å². The molecule has 4 aromatic rings. The van der Waals surface area contributed by atoms with Crippen LogP contribution < -0.4 is 14.9 Å². The highest BCUT2D eigenvalue weighted by molar-refractivity contribution is 7.52. The number of anilines is 1. The highest BCUT2D eigenvalue weighted by atomic mass is 31.2. The van der Waals surface area contributed by atoms with E-state index in [0.717, 1.165) is 5.39 Å². The number of esters is 1. The Bertz CT molecular complexity index is 1720.